The fourth-order valence-electron chi connectivity index (χ4n) is 1.54. The number of nitrogens with zero attached hydrogens (tertiary/aromatic N) is 1. The molecule has 0 radical (unpaired) electrons. The van der Waals surface area contributed by atoms with Crippen LogP contribution in [0.25, 0.3) is 0 Å². The van der Waals surface area contributed by atoms with Crippen molar-refractivity contribution in [1.29, 1.82) is 0 Å². The number of benzene rings is 1. The summed E-state index contributed by atoms with van der Waals surface area (Å²) in [4.78, 5) is 15.5. The van der Waals surface area contributed by atoms with Gasteiger partial charge in [0, 0.05) is 12.3 Å². The summed E-state index contributed by atoms with van der Waals surface area (Å²) in [6.07, 6.45) is 1.52. The van der Waals surface area contributed by atoms with Gasteiger partial charge in [0.25, 0.3) is 0 Å². The lowest BCUT2D eigenvalue weighted by Gasteiger charge is -2.09. The van der Waals surface area contributed by atoms with Gasteiger partial charge in [-0.15, -0.1) is 0 Å². The van der Waals surface area contributed by atoms with Crippen molar-refractivity contribution in [2.24, 2.45) is 0 Å². The lowest BCUT2D eigenvalue weighted by molar-refractivity contribution is 0.0526. The van der Waals surface area contributed by atoms with E-state index in [1.165, 1.54) is 12.3 Å². The fourth-order valence-corrected chi connectivity index (χ4v) is 1.70. The maximum absolute atomic E-state index is 11.7. The Morgan fingerprint density at radius 1 is 1.35 bits per heavy atom. The number of nitrogen functional groups attached to an aromatic ring is 1. The Morgan fingerprint density at radius 3 is 2.85 bits per heavy atom. The first-order valence-electron chi connectivity index (χ1n) is 5.96. The Hall–Kier alpha value is -2.27. The highest BCUT2D eigenvalue weighted by molar-refractivity contribution is 6.32. The van der Waals surface area contributed by atoms with Crippen molar-refractivity contribution >= 4 is 23.4 Å². The summed E-state index contributed by atoms with van der Waals surface area (Å²) in [5.74, 6) is 0.742. The van der Waals surface area contributed by atoms with Crippen molar-refractivity contribution in [3.63, 3.8) is 0 Å². The highest BCUT2D eigenvalue weighted by Crippen LogP contribution is 2.30. The van der Waals surface area contributed by atoms with Crippen molar-refractivity contribution in [3.8, 4) is 11.5 Å². The van der Waals surface area contributed by atoms with Crippen molar-refractivity contribution in [2.45, 2.75) is 6.92 Å². The molecule has 0 aliphatic rings. The molecule has 0 atom stereocenters. The van der Waals surface area contributed by atoms with Gasteiger partial charge in [-0.3, -0.25) is 0 Å². The summed E-state index contributed by atoms with van der Waals surface area (Å²) >= 11 is 6.04. The molecule has 5 nitrogen and oxygen atoms in total. The number of hydrogen-bond acceptors (Lipinski definition) is 5. The molecular formula is C14H13ClN2O3. The average molecular weight is 293 g/mol. The predicted molar refractivity (Wildman–Crippen MR) is 76.1 cm³/mol. The molecule has 0 saturated heterocycles. The number of carbonyl (C=O) groups excluding carboxylic acids is 1. The molecule has 0 aliphatic carbocycles. The minimum absolute atomic E-state index is 0.304. The molecule has 0 bridgehead atoms. The maximum Gasteiger partial charge on any atom is 0.338 e. The summed E-state index contributed by atoms with van der Waals surface area (Å²) < 4.78 is 10.5. The number of pyridine rings is 1. The minimum Gasteiger partial charge on any atom is -0.462 e. The van der Waals surface area contributed by atoms with Gasteiger partial charge in [-0.2, -0.15) is 0 Å². The molecule has 104 valence electrons. The second-order valence-corrected chi connectivity index (χ2v) is 4.29. The molecule has 2 rings (SSSR count). The van der Waals surface area contributed by atoms with Crippen LogP contribution in [-0.2, 0) is 4.74 Å². The first-order chi connectivity index (χ1) is 9.60. The monoisotopic (exact) mass is 292 g/mol. The van der Waals surface area contributed by atoms with Gasteiger partial charge in [0.15, 0.2) is 0 Å². The van der Waals surface area contributed by atoms with Gasteiger partial charge in [0.1, 0.15) is 17.3 Å². The van der Waals surface area contributed by atoms with Crippen LogP contribution >= 0.6 is 11.6 Å². The molecule has 1 aromatic carbocycles. The molecule has 2 aromatic rings. The van der Waals surface area contributed by atoms with E-state index in [2.05, 4.69) is 4.98 Å². The molecule has 0 unspecified atom stereocenters. The second kappa shape index (κ2) is 6.25. The zero-order chi connectivity index (χ0) is 14.5. The molecule has 6 heteroatoms. The van der Waals surface area contributed by atoms with E-state index in [1.807, 2.05) is 0 Å². The van der Waals surface area contributed by atoms with Crippen molar-refractivity contribution in [1.82, 2.24) is 4.98 Å². The van der Waals surface area contributed by atoms with E-state index in [0.717, 1.165) is 0 Å². The van der Waals surface area contributed by atoms with E-state index in [1.54, 1.807) is 31.2 Å². The topological polar surface area (TPSA) is 74.4 Å². The zero-order valence-electron chi connectivity index (χ0n) is 10.8. The quantitative estimate of drug-likeness (QED) is 0.875. The SMILES string of the molecule is CCOC(=O)c1ccc(Cl)c(Oc2ccnc(N)c2)c1. The second-order valence-electron chi connectivity index (χ2n) is 3.88. The van der Waals surface area contributed by atoms with Gasteiger partial charge in [-0.05, 0) is 31.2 Å². The third kappa shape index (κ3) is 3.39. The molecule has 20 heavy (non-hydrogen) atoms. The Balaban J connectivity index is 2.27. The number of carbonyl (C=O) groups is 1. The van der Waals surface area contributed by atoms with Crippen molar-refractivity contribution < 1.29 is 14.3 Å². The van der Waals surface area contributed by atoms with Crippen molar-refractivity contribution in [2.75, 3.05) is 12.3 Å². The number of halogens is 1. The number of aromatic nitrogens is 1. The van der Waals surface area contributed by atoms with Gasteiger partial charge in [-0.1, -0.05) is 11.6 Å². The standard InChI is InChI=1S/C14H13ClN2O3/c1-2-19-14(18)9-3-4-11(15)12(7-9)20-10-5-6-17-13(16)8-10/h3-8H,2H2,1H3,(H2,16,17). The van der Waals surface area contributed by atoms with Crippen LogP contribution in [0.1, 0.15) is 17.3 Å². The Bertz CT molecular complexity index is 632. The van der Waals surface area contributed by atoms with Gasteiger partial charge in [0.05, 0.1) is 17.2 Å². The summed E-state index contributed by atoms with van der Waals surface area (Å²) in [6.45, 7) is 2.05. The largest absolute Gasteiger partial charge is 0.462 e. The van der Waals surface area contributed by atoms with Crippen LogP contribution in [0.5, 0.6) is 11.5 Å². The molecule has 1 heterocycles. The number of esters is 1. The van der Waals surface area contributed by atoms with E-state index in [4.69, 9.17) is 26.8 Å². The number of ether oxygens (including phenoxy) is 2. The molecule has 0 fully saturated rings. The number of hydrogen-bond donors (Lipinski definition) is 1. The van der Waals surface area contributed by atoms with Crippen LogP contribution in [0.15, 0.2) is 36.5 Å². The highest BCUT2D eigenvalue weighted by atomic mass is 35.5. The number of nitrogens with two attached hydrogens (primary N) is 1. The first-order valence-corrected chi connectivity index (χ1v) is 6.34. The maximum atomic E-state index is 11.7. The third-order valence-corrected chi connectivity index (χ3v) is 2.73. The molecule has 0 aliphatic heterocycles. The summed E-state index contributed by atoms with van der Waals surface area (Å²) in [7, 11) is 0. The van der Waals surface area contributed by atoms with E-state index in [9.17, 15) is 4.79 Å². The van der Waals surface area contributed by atoms with Gasteiger partial charge in [0.2, 0.25) is 0 Å². The first kappa shape index (κ1) is 14.1. The average Bonchev–Trinajstić information content (AvgIpc) is 2.41. The third-order valence-electron chi connectivity index (χ3n) is 2.42. The molecular weight excluding hydrogens is 280 g/mol. The summed E-state index contributed by atoms with van der Waals surface area (Å²) in [5, 5.41) is 0.383. The van der Waals surface area contributed by atoms with E-state index < -0.39 is 5.97 Å². The van der Waals surface area contributed by atoms with Crippen LogP contribution in [0.3, 0.4) is 0 Å². The predicted octanol–water partition coefficient (Wildman–Crippen LogP) is 3.29. The van der Waals surface area contributed by atoms with Crippen LogP contribution in [0.2, 0.25) is 5.02 Å². The molecule has 0 spiro atoms. The smallest absolute Gasteiger partial charge is 0.338 e. The molecule has 2 N–H and O–H groups in total. The number of anilines is 1. The lowest BCUT2D eigenvalue weighted by Crippen LogP contribution is -2.04. The van der Waals surface area contributed by atoms with E-state index in [-0.39, 0.29) is 0 Å². The molecule has 0 amide bonds. The van der Waals surface area contributed by atoms with Crippen LogP contribution in [-0.4, -0.2) is 17.6 Å². The van der Waals surface area contributed by atoms with Crippen LogP contribution < -0.4 is 10.5 Å². The Morgan fingerprint density at radius 2 is 2.15 bits per heavy atom. The number of rotatable bonds is 4. The summed E-state index contributed by atoms with van der Waals surface area (Å²) in [6, 6.07) is 7.88. The summed E-state index contributed by atoms with van der Waals surface area (Å²) in [5.41, 5.74) is 5.94. The molecule has 1 aromatic heterocycles. The van der Waals surface area contributed by atoms with Gasteiger partial charge < -0.3 is 15.2 Å². The Labute approximate surface area is 121 Å². The van der Waals surface area contributed by atoms with Gasteiger partial charge in [-0.25, -0.2) is 9.78 Å². The lowest BCUT2D eigenvalue weighted by atomic mass is 10.2. The van der Waals surface area contributed by atoms with Crippen molar-refractivity contribution in [3.05, 3.63) is 47.1 Å². The molecule has 0 saturated carbocycles. The fraction of sp³-hybridized carbons (Fsp3) is 0.143. The van der Waals surface area contributed by atoms with E-state index >= 15 is 0 Å². The van der Waals surface area contributed by atoms with Gasteiger partial charge >= 0.3 is 5.97 Å². The zero-order valence-corrected chi connectivity index (χ0v) is 11.6. The minimum atomic E-state index is -0.428. The normalized spacial score (nSPS) is 10.1. The Kier molecular flexibility index (Phi) is 4.42. The van der Waals surface area contributed by atoms with E-state index in [0.29, 0.717) is 34.5 Å². The highest BCUT2D eigenvalue weighted by Gasteiger charge is 2.11. The van der Waals surface area contributed by atoms with Crippen LogP contribution in [0.4, 0.5) is 5.82 Å². The van der Waals surface area contributed by atoms with Crippen LogP contribution in [0, 0.1) is 0 Å².